The van der Waals surface area contributed by atoms with Crippen molar-refractivity contribution in [3.05, 3.63) is 52.8 Å². The van der Waals surface area contributed by atoms with Crippen LogP contribution in [0, 0.1) is 0 Å². The first kappa shape index (κ1) is 15.2. The Morgan fingerprint density at radius 1 is 1.29 bits per heavy atom. The third-order valence-corrected chi connectivity index (χ3v) is 4.46. The number of fused-ring (bicyclic) bond motifs is 1. The number of ether oxygens (including phenoxy) is 1. The molecule has 0 aliphatic carbocycles. The molecule has 0 fully saturated rings. The lowest BCUT2D eigenvalue weighted by Gasteiger charge is -2.12. The summed E-state index contributed by atoms with van der Waals surface area (Å²) in [4.78, 5) is 4.27. The molecule has 0 saturated heterocycles. The Kier molecular flexibility index (Phi) is 3.98. The second kappa shape index (κ2) is 6.28. The van der Waals surface area contributed by atoms with Crippen molar-refractivity contribution in [3.63, 3.8) is 0 Å². The van der Waals surface area contributed by atoms with Gasteiger partial charge in [0.15, 0.2) is 0 Å². The zero-order chi connectivity index (χ0) is 16.5. The van der Waals surface area contributed by atoms with Gasteiger partial charge in [0.1, 0.15) is 17.3 Å². The molecule has 1 aliphatic heterocycles. The van der Waals surface area contributed by atoms with Crippen LogP contribution in [0.25, 0.3) is 16.9 Å². The largest absolute Gasteiger partial charge is 0.492 e. The standard InChI is InChI=1S/C18H17BrN4O/c1-2-24-16-6-4-3-5-15(16)23-18-14(7-8-21-18)17(22-23)12-9-13(19)11-20-10-12/h3-6,9-11,21H,2,7-8H2,1H3. The van der Waals surface area contributed by atoms with Gasteiger partial charge in [0.25, 0.3) is 0 Å². The Morgan fingerprint density at radius 2 is 2.17 bits per heavy atom. The maximum absolute atomic E-state index is 5.78. The molecule has 4 rings (SSSR count). The fourth-order valence-corrected chi connectivity index (χ4v) is 3.40. The van der Waals surface area contributed by atoms with Crippen molar-refractivity contribution in [1.82, 2.24) is 14.8 Å². The molecule has 0 unspecified atom stereocenters. The van der Waals surface area contributed by atoms with Crippen molar-refractivity contribution in [2.24, 2.45) is 0 Å². The van der Waals surface area contributed by atoms with E-state index < -0.39 is 0 Å². The van der Waals surface area contributed by atoms with Crippen LogP contribution in [0.5, 0.6) is 5.75 Å². The van der Waals surface area contributed by atoms with Crippen LogP contribution in [-0.4, -0.2) is 27.9 Å². The highest BCUT2D eigenvalue weighted by molar-refractivity contribution is 9.10. The van der Waals surface area contributed by atoms with Crippen molar-refractivity contribution < 1.29 is 4.74 Å². The van der Waals surface area contributed by atoms with E-state index in [2.05, 4.69) is 26.2 Å². The Bertz CT molecular complexity index is 890. The van der Waals surface area contributed by atoms with Gasteiger partial charge >= 0.3 is 0 Å². The summed E-state index contributed by atoms with van der Waals surface area (Å²) in [6.45, 7) is 3.52. The quantitative estimate of drug-likeness (QED) is 0.736. The van der Waals surface area contributed by atoms with Gasteiger partial charge in [-0.15, -0.1) is 0 Å². The first-order valence-electron chi connectivity index (χ1n) is 7.97. The van der Waals surface area contributed by atoms with E-state index in [0.717, 1.165) is 46.0 Å². The summed E-state index contributed by atoms with van der Waals surface area (Å²) in [5.74, 6) is 1.87. The molecule has 24 heavy (non-hydrogen) atoms. The van der Waals surface area contributed by atoms with Crippen molar-refractivity contribution in [2.75, 3.05) is 18.5 Å². The van der Waals surface area contributed by atoms with Gasteiger partial charge < -0.3 is 10.1 Å². The Balaban J connectivity index is 1.88. The number of aromatic nitrogens is 3. The van der Waals surface area contributed by atoms with Crippen LogP contribution in [0.2, 0.25) is 0 Å². The molecule has 0 radical (unpaired) electrons. The molecule has 1 N–H and O–H groups in total. The van der Waals surface area contributed by atoms with Gasteiger partial charge in [-0.25, -0.2) is 4.68 Å². The maximum Gasteiger partial charge on any atom is 0.145 e. The van der Waals surface area contributed by atoms with Gasteiger partial charge in [0.05, 0.1) is 12.3 Å². The average molecular weight is 385 g/mol. The molecule has 0 spiro atoms. The van der Waals surface area contributed by atoms with Crippen molar-refractivity contribution in [3.8, 4) is 22.7 Å². The zero-order valence-corrected chi connectivity index (χ0v) is 14.9. The number of pyridine rings is 1. The summed E-state index contributed by atoms with van der Waals surface area (Å²) in [7, 11) is 0. The van der Waals surface area contributed by atoms with Crippen molar-refractivity contribution in [2.45, 2.75) is 13.3 Å². The molecule has 0 bridgehead atoms. The lowest BCUT2D eigenvalue weighted by atomic mass is 10.1. The third-order valence-electron chi connectivity index (χ3n) is 4.02. The molecule has 0 amide bonds. The number of para-hydroxylation sites is 2. The molecule has 3 aromatic rings. The molecule has 6 heteroatoms. The summed E-state index contributed by atoms with van der Waals surface area (Å²) in [5, 5.41) is 8.32. The van der Waals surface area contributed by atoms with E-state index in [1.165, 1.54) is 5.56 Å². The van der Waals surface area contributed by atoms with E-state index in [4.69, 9.17) is 9.84 Å². The maximum atomic E-state index is 5.78. The van der Waals surface area contributed by atoms with E-state index in [-0.39, 0.29) is 0 Å². The predicted molar refractivity (Wildman–Crippen MR) is 97.9 cm³/mol. The van der Waals surface area contributed by atoms with E-state index in [1.54, 1.807) is 6.20 Å². The number of anilines is 1. The molecule has 1 aromatic carbocycles. The predicted octanol–water partition coefficient (Wildman–Crippen LogP) is 4.06. The summed E-state index contributed by atoms with van der Waals surface area (Å²) in [5.41, 5.74) is 4.15. The smallest absolute Gasteiger partial charge is 0.145 e. The Hall–Kier alpha value is -2.34. The topological polar surface area (TPSA) is 52.0 Å². The minimum absolute atomic E-state index is 0.621. The van der Waals surface area contributed by atoms with Gasteiger partial charge in [0.2, 0.25) is 0 Å². The van der Waals surface area contributed by atoms with E-state index in [9.17, 15) is 0 Å². The summed E-state index contributed by atoms with van der Waals surface area (Å²) in [6.07, 6.45) is 4.59. The number of hydrogen-bond acceptors (Lipinski definition) is 4. The monoisotopic (exact) mass is 384 g/mol. The number of benzene rings is 1. The Labute approximate surface area is 148 Å². The third kappa shape index (κ3) is 2.57. The molecular weight excluding hydrogens is 368 g/mol. The fraction of sp³-hybridized carbons (Fsp3) is 0.222. The van der Waals surface area contributed by atoms with Crippen molar-refractivity contribution >= 4 is 21.7 Å². The van der Waals surface area contributed by atoms with Gasteiger partial charge in [-0.3, -0.25) is 4.98 Å². The molecule has 122 valence electrons. The van der Waals surface area contributed by atoms with Gasteiger partial charge in [-0.1, -0.05) is 12.1 Å². The highest BCUT2D eigenvalue weighted by Crippen LogP contribution is 2.36. The number of nitrogens with one attached hydrogen (secondary N) is 1. The van der Waals surface area contributed by atoms with E-state index >= 15 is 0 Å². The van der Waals surface area contributed by atoms with Gasteiger partial charge in [-0.2, -0.15) is 5.10 Å². The number of halogens is 1. The zero-order valence-electron chi connectivity index (χ0n) is 13.3. The minimum atomic E-state index is 0.621. The molecule has 0 saturated carbocycles. The van der Waals surface area contributed by atoms with Crippen LogP contribution in [0.4, 0.5) is 5.82 Å². The lowest BCUT2D eigenvalue weighted by Crippen LogP contribution is -2.06. The van der Waals surface area contributed by atoms with E-state index in [0.29, 0.717) is 6.61 Å². The van der Waals surface area contributed by atoms with Crippen molar-refractivity contribution in [1.29, 1.82) is 0 Å². The Morgan fingerprint density at radius 3 is 3.00 bits per heavy atom. The fourth-order valence-electron chi connectivity index (χ4n) is 3.03. The lowest BCUT2D eigenvalue weighted by molar-refractivity contribution is 0.338. The number of nitrogens with zero attached hydrogens (tertiary/aromatic N) is 3. The number of hydrogen-bond donors (Lipinski definition) is 1. The second-order valence-electron chi connectivity index (χ2n) is 5.56. The molecule has 1 aliphatic rings. The van der Waals surface area contributed by atoms with Crippen LogP contribution >= 0.6 is 15.9 Å². The van der Waals surface area contributed by atoms with Crippen LogP contribution < -0.4 is 10.1 Å². The molecule has 3 heterocycles. The van der Waals surface area contributed by atoms with Gasteiger partial charge in [0, 0.05) is 34.5 Å². The molecule has 2 aromatic heterocycles. The molecular formula is C18H17BrN4O. The summed E-state index contributed by atoms with van der Waals surface area (Å²) < 4.78 is 8.67. The van der Waals surface area contributed by atoms with E-state index in [1.807, 2.05) is 48.1 Å². The van der Waals surface area contributed by atoms with Crippen LogP contribution in [0.1, 0.15) is 12.5 Å². The first-order chi connectivity index (χ1) is 11.8. The summed E-state index contributed by atoms with van der Waals surface area (Å²) in [6, 6.07) is 10.0. The summed E-state index contributed by atoms with van der Waals surface area (Å²) >= 11 is 3.49. The highest BCUT2D eigenvalue weighted by Gasteiger charge is 2.25. The second-order valence-corrected chi connectivity index (χ2v) is 6.47. The first-order valence-corrected chi connectivity index (χ1v) is 8.76. The SMILES string of the molecule is CCOc1ccccc1-n1nc(-c2cncc(Br)c2)c2c1NCC2. The van der Waals surface area contributed by atoms with Crippen LogP contribution in [0.3, 0.4) is 0 Å². The normalized spacial score (nSPS) is 12.8. The van der Waals surface area contributed by atoms with Crippen LogP contribution in [-0.2, 0) is 6.42 Å². The van der Waals surface area contributed by atoms with Crippen LogP contribution in [0.15, 0.2) is 47.2 Å². The minimum Gasteiger partial charge on any atom is -0.492 e. The number of rotatable bonds is 4. The highest BCUT2D eigenvalue weighted by atomic mass is 79.9. The average Bonchev–Trinajstić information content (AvgIpc) is 3.18. The molecule has 0 atom stereocenters. The van der Waals surface area contributed by atoms with Gasteiger partial charge in [-0.05, 0) is 47.5 Å². The molecule has 5 nitrogen and oxygen atoms in total.